The molecule has 0 atom stereocenters. The van der Waals surface area contributed by atoms with Crippen LogP contribution >= 0.6 is 11.3 Å². The Morgan fingerprint density at radius 1 is 1.20 bits per heavy atom. The van der Waals surface area contributed by atoms with Crippen LogP contribution in [0.5, 0.6) is 0 Å². The summed E-state index contributed by atoms with van der Waals surface area (Å²) in [6.45, 7) is 4.96. The number of hydrogen-bond acceptors (Lipinski definition) is 6. The smallest absolute Gasteiger partial charge is 0.358 e. The lowest BCUT2D eigenvalue weighted by atomic mass is 10.2. The molecule has 2 rings (SSSR count). The van der Waals surface area contributed by atoms with Gasteiger partial charge in [0.25, 0.3) is 5.91 Å². The first-order valence-corrected chi connectivity index (χ1v) is 8.53. The highest BCUT2D eigenvalue weighted by Crippen LogP contribution is 2.24. The highest BCUT2D eigenvalue weighted by Gasteiger charge is 2.16. The number of carbonyl (C=O) groups excluding carboxylic acids is 3. The van der Waals surface area contributed by atoms with Crippen LogP contribution in [0.3, 0.4) is 0 Å². The zero-order valence-electron chi connectivity index (χ0n) is 14.2. The molecule has 1 aromatic carbocycles. The van der Waals surface area contributed by atoms with Gasteiger partial charge in [0.1, 0.15) is 5.01 Å². The quantitative estimate of drug-likeness (QED) is 0.798. The molecular formula is C17H19N3O4S. The largest absolute Gasteiger partial charge is 0.451 e. The standard InChI is InChI=1S/C17H19N3O4S/c1-10(2)18-17(23)20-14(21)8-24-16(22)13-9-25-15(19-13)12-6-4-11(3)5-7-12/h4-7,9-10H,8H2,1-3H3,(H2,18,20,21,23). The number of rotatable bonds is 5. The van der Waals surface area contributed by atoms with Crippen LogP contribution in [0.1, 0.15) is 29.9 Å². The number of aryl methyl sites for hydroxylation is 1. The fraction of sp³-hybridized carbons (Fsp3) is 0.294. The summed E-state index contributed by atoms with van der Waals surface area (Å²) in [6.07, 6.45) is 0. The second kappa shape index (κ2) is 8.39. The van der Waals surface area contributed by atoms with Crippen molar-refractivity contribution in [3.05, 3.63) is 40.9 Å². The number of urea groups is 1. The van der Waals surface area contributed by atoms with Gasteiger partial charge in [-0.25, -0.2) is 14.6 Å². The molecule has 0 radical (unpaired) electrons. The number of amides is 3. The third-order valence-electron chi connectivity index (χ3n) is 3.02. The Morgan fingerprint density at radius 3 is 2.52 bits per heavy atom. The molecule has 2 N–H and O–H groups in total. The molecule has 0 saturated carbocycles. The summed E-state index contributed by atoms with van der Waals surface area (Å²) in [7, 11) is 0. The van der Waals surface area contributed by atoms with Gasteiger partial charge >= 0.3 is 12.0 Å². The van der Waals surface area contributed by atoms with Crippen molar-refractivity contribution < 1.29 is 19.1 Å². The van der Waals surface area contributed by atoms with Gasteiger partial charge in [-0.05, 0) is 20.8 Å². The van der Waals surface area contributed by atoms with Crippen molar-refractivity contribution in [1.82, 2.24) is 15.6 Å². The van der Waals surface area contributed by atoms with Crippen LogP contribution in [0, 0.1) is 6.92 Å². The summed E-state index contributed by atoms with van der Waals surface area (Å²) in [4.78, 5) is 39.1. The monoisotopic (exact) mass is 361 g/mol. The number of imide groups is 1. The summed E-state index contributed by atoms with van der Waals surface area (Å²) in [5.41, 5.74) is 2.16. The summed E-state index contributed by atoms with van der Waals surface area (Å²) in [5, 5.41) is 6.82. The van der Waals surface area contributed by atoms with E-state index >= 15 is 0 Å². The molecule has 0 bridgehead atoms. The molecule has 8 heteroatoms. The van der Waals surface area contributed by atoms with E-state index < -0.39 is 24.5 Å². The summed E-state index contributed by atoms with van der Waals surface area (Å²) < 4.78 is 4.88. The first kappa shape index (κ1) is 18.6. The Bertz CT molecular complexity index is 768. The van der Waals surface area contributed by atoms with Crippen molar-refractivity contribution in [2.45, 2.75) is 26.8 Å². The van der Waals surface area contributed by atoms with Gasteiger partial charge in [0.2, 0.25) is 0 Å². The molecule has 0 aliphatic heterocycles. The molecule has 0 spiro atoms. The van der Waals surface area contributed by atoms with E-state index in [1.807, 2.05) is 31.2 Å². The minimum Gasteiger partial charge on any atom is -0.451 e. The van der Waals surface area contributed by atoms with Crippen LogP contribution in [0.15, 0.2) is 29.6 Å². The molecule has 25 heavy (non-hydrogen) atoms. The Hall–Kier alpha value is -2.74. The number of esters is 1. The van der Waals surface area contributed by atoms with Gasteiger partial charge in [-0.3, -0.25) is 10.1 Å². The Morgan fingerprint density at radius 2 is 1.88 bits per heavy atom. The number of nitrogens with zero attached hydrogens (tertiary/aromatic N) is 1. The highest BCUT2D eigenvalue weighted by atomic mass is 32.1. The SMILES string of the molecule is Cc1ccc(-c2nc(C(=O)OCC(=O)NC(=O)NC(C)C)cs2)cc1. The summed E-state index contributed by atoms with van der Waals surface area (Å²) in [5.74, 6) is -1.42. The van der Waals surface area contributed by atoms with Gasteiger partial charge in [0.15, 0.2) is 12.3 Å². The Labute approximate surface area is 149 Å². The van der Waals surface area contributed by atoms with Crippen molar-refractivity contribution in [2.24, 2.45) is 0 Å². The van der Waals surface area contributed by atoms with Gasteiger partial charge < -0.3 is 10.1 Å². The fourth-order valence-corrected chi connectivity index (χ4v) is 2.66. The van der Waals surface area contributed by atoms with Gasteiger partial charge in [0, 0.05) is 17.0 Å². The average Bonchev–Trinajstić information content (AvgIpc) is 3.02. The normalized spacial score (nSPS) is 10.4. The van der Waals surface area contributed by atoms with Gasteiger partial charge in [0.05, 0.1) is 0 Å². The summed E-state index contributed by atoms with van der Waals surface area (Å²) in [6, 6.07) is 7.02. The maximum absolute atomic E-state index is 12.0. The molecule has 0 fully saturated rings. The van der Waals surface area contributed by atoms with Crippen molar-refractivity contribution >= 4 is 29.2 Å². The lowest BCUT2D eigenvalue weighted by Crippen LogP contribution is -2.44. The van der Waals surface area contributed by atoms with Crippen LogP contribution in [0.2, 0.25) is 0 Å². The lowest BCUT2D eigenvalue weighted by Gasteiger charge is -2.09. The van der Waals surface area contributed by atoms with Crippen molar-refractivity contribution in [2.75, 3.05) is 6.61 Å². The Kier molecular flexibility index (Phi) is 6.24. The van der Waals surface area contributed by atoms with Gasteiger partial charge in [-0.15, -0.1) is 11.3 Å². The highest BCUT2D eigenvalue weighted by molar-refractivity contribution is 7.13. The predicted octanol–water partition coefficient (Wildman–Crippen LogP) is 2.51. The number of carbonyl (C=O) groups is 3. The first-order chi connectivity index (χ1) is 11.8. The van der Waals surface area contributed by atoms with Crippen LogP contribution in [-0.2, 0) is 9.53 Å². The number of aromatic nitrogens is 1. The van der Waals surface area contributed by atoms with Crippen molar-refractivity contribution in [3.63, 3.8) is 0 Å². The topological polar surface area (TPSA) is 97.4 Å². The Balaban J connectivity index is 1.88. The van der Waals surface area contributed by atoms with E-state index in [0.29, 0.717) is 5.01 Å². The number of nitrogens with one attached hydrogen (secondary N) is 2. The molecule has 1 aromatic heterocycles. The molecule has 0 saturated heterocycles. The molecular weight excluding hydrogens is 342 g/mol. The number of hydrogen-bond donors (Lipinski definition) is 2. The maximum Gasteiger partial charge on any atom is 0.358 e. The van der Waals surface area contributed by atoms with E-state index in [1.54, 1.807) is 19.2 Å². The van der Waals surface area contributed by atoms with E-state index in [1.165, 1.54) is 11.3 Å². The van der Waals surface area contributed by atoms with Crippen LogP contribution in [0.4, 0.5) is 4.79 Å². The zero-order valence-corrected chi connectivity index (χ0v) is 15.0. The number of thiazole rings is 1. The minimum absolute atomic E-state index is 0.106. The van der Waals surface area contributed by atoms with E-state index in [0.717, 1.165) is 11.1 Å². The third kappa shape index (κ3) is 5.68. The molecule has 2 aromatic rings. The van der Waals surface area contributed by atoms with Gasteiger partial charge in [-0.1, -0.05) is 29.8 Å². The van der Waals surface area contributed by atoms with Crippen LogP contribution < -0.4 is 10.6 Å². The molecule has 0 unspecified atom stereocenters. The molecule has 0 aliphatic rings. The molecule has 3 amide bonds. The van der Waals surface area contributed by atoms with Crippen molar-refractivity contribution in [1.29, 1.82) is 0 Å². The van der Waals surface area contributed by atoms with E-state index in [4.69, 9.17) is 4.74 Å². The average molecular weight is 361 g/mol. The second-order valence-corrected chi connectivity index (χ2v) is 6.51. The number of ether oxygens (including phenoxy) is 1. The maximum atomic E-state index is 12.0. The van der Waals surface area contributed by atoms with Gasteiger partial charge in [-0.2, -0.15) is 0 Å². The third-order valence-corrected chi connectivity index (χ3v) is 3.91. The fourth-order valence-electron chi connectivity index (χ4n) is 1.86. The lowest BCUT2D eigenvalue weighted by molar-refractivity contribution is -0.123. The molecule has 132 valence electrons. The molecule has 1 heterocycles. The van der Waals surface area contributed by atoms with Crippen molar-refractivity contribution in [3.8, 4) is 10.6 Å². The summed E-state index contributed by atoms with van der Waals surface area (Å²) >= 11 is 1.31. The zero-order chi connectivity index (χ0) is 18.4. The van der Waals surface area contributed by atoms with E-state index in [9.17, 15) is 14.4 Å². The first-order valence-electron chi connectivity index (χ1n) is 7.65. The predicted molar refractivity (Wildman–Crippen MR) is 94.4 cm³/mol. The second-order valence-electron chi connectivity index (χ2n) is 5.66. The number of benzene rings is 1. The van der Waals surface area contributed by atoms with Crippen LogP contribution in [0.25, 0.3) is 10.6 Å². The molecule has 0 aliphatic carbocycles. The van der Waals surface area contributed by atoms with E-state index in [-0.39, 0.29) is 11.7 Å². The minimum atomic E-state index is -0.714. The molecule has 7 nitrogen and oxygen atoms in total. The van der Waals surface area contributed by atoms with E-state index in [2.05, 4.69) is 15.6 Å². The van der Waals surface area contributed by atoms with Crippen LogP contribution in [-0.4, -0.2) is 35.5 Å².